The average molecular weight is 253 g/mol. The van der Waals surface area contributed by atoms with Crippen molar-refractivity contribution in [2.45, 2.75) is 19.5 Å². The topological polar surface area (TPSA) is 70.2 Å². The lowest BCUT2D eigenvalue weighted by molar-refractivity contribution is -0.121. The standard InChI is InChI=1S/C12H16FN3O2/c1-8(11(17)16-12(18)14-2)15-7-9-3-5-10(13)6-4-9/h3-6,8,15H,7H2,1-2H3,(H2,14,16,17,18). The minimum absolute atomic E-state index is 0.302. The molecule has 0 spiro atoms. The van der Waals surface area contributed by atoms with Gasteiger partial charge in [-0.2, -0.15) is 0 Å². The Morgan fingerprint density at radius 3 is 2.44 bits per heavy atom. The number of carbonyl (C=O) groups excluding carboxylic acids is 2. The molecule has 18 heavy (non-hydrogen) atoms. The first kappa shape index (κ1) is 14.1. The maximum absolute atomic E-state index is 12.7. The van der Waals surface area contributed by atoms with E-state index in [1.165, 1.54) is 19.2 Å². The molecule has 98 valence electrons. The molecular weight excluding hydrogens is 237 g/mol. The third-order valence-electron chi connectivity index (χ3n) is 2.38. The van der Waals surface area contributed by atoms with E-state index in [-0.39, 0.29) is 5.82 Å². The zero-order valence-electron chi connectivity index (χ0n) is 10.3. The summed E-state index contributed by atoms with van der Waals surface area (Å²) in [6.45, 7) is 2.06. The van der Waals surface area contributed by atoms with E-state index in [9.17, 15) is 14.0 Å². The summed E-state index contributed by atoms with van der Waals surface area (Å²) < 4.78 is 12.7. The predicted molar refractivity (Wildman–Crippen MR) is 65.3 cm³/mol. The largest absolute Gasteiger partial charge is 0.341 e. The van der Waals surface area contributed by atoms with Crippen molar-refractivity contribution in [2.75, 3.05) is 7.05 Å². The molecule has 0 saturated heterocycles. The number of nitrogens with one attached hydrogen (secondary N) is 3. The van der Waals surface area contributed by atoms with E-state index in [1.54, 1.807) is 19.1 Å². The van der Waals surface area contributed by atoms with Crippen molar-refractivity contribution in [3.63, 3.8) is 0 Å². The summed E-state index contributed by atoms with van der Waals surface area (Å²) in [4.78, 5) is 22.4. The molecule has 0 aromatic heterocycles. The summed E-state index contributed by atoms with van der Waals surface area (Å²) in [6, 6.07) is 4.90. The second-order valence-electron chi connectivity index (χ2n) is 3.80. The van der Waals surface area contributed by atoms with Gasteiger partial charge in [0, 0.05) is 13.6 Å². The summed E-state index contributed by atoms with van der Waals surface area (Å²) >= 11 is 0. The predicted octanol–water partition coefficient (Wildman–Crippen LogP) is 0.759. The van der Waals surface area contributed by atoms with Gasteiger partial charge in [0.15, 0.2) is 0 Å². The van der Waals surface area contributed by atoms with Crippen LogP contribution < -0.4 is 16.0 Å². The Balaban J connectivity index is 2.40. The molecule has 0 aliphatic heterocycles. The quantitative estimate of drug-likeness (QED) is 0.742. The monoisotopic (exact) mass is 253 g/mol. The molecule has 3 N–H and O–H groups in total. The summed E-state index contributed by atoms with van der Waals surface area (Å²) in [5.41, 5.74) is 0.857. The van der Waals surface area contributed by atoms with E-state index in [0.717, 1.165) is 5.56 Å². The van der Waals surface area contributed by atoms with Gasteiger partial charge in [0.2, 0.25) is 5.91 Å². The van der Waals surface area contributed by atoms with Gasteiger partial charge in [-0.05, 0) is 24.6 Å². The fraction of sp³-hybridized carbons (Fsp3) is 0.333. The van der Waals surface area contributed by atoms with Gasteiger partial charge in [0.1, 0.15) is 5.82 Å². The van der Waals surface area contributed by atoms with Crippen LogP contribution in [0.5, 0.6) is 0 Å². The van der Waals surface area contributed by atoms with Crippen molar-refractivity contribution in [2.24, 2.45) is 0 Å². The molecule has 0 bridgehead atoms. The normalized spacial score (nSPS) is 11.7. The van der Waals surface area contributed by atoms with Crippen molar-refractivity contribution in [1.82, 2.24) is 16.0 Å². The summed E-state index contributed by atoms with van der Waals surface area (Å²) in [7, 11) is 1.43. The molecule has 0 aliphatic carbocycles. The van der Waals surface area contributed by atoms with E-state index in [4.69, 9.17) is 0 Å². The summed E-state index contributed by atoms with van der Waals surface area (Å²) in [5, 5.41) is 7.39. The van der Waals surface area contributed by atoms with Crippen molar-refractivity contribution >= 4 is 11.9 Å². The van der Waals surface area contributed by atoms with E-state index >= 15 is 0 Å². The first-order valence-electron chi connectivity index (χ1n) is 5.53. The number of hydrogen-bond acceptors (Lipinski definition) is 3. The highest BCUT2D eigenvalue weighted by molar-refractivity contribution is 5.96. The van der Waals surface area contributed by atoms with Gasteiger partial charge < -0.3 is 10.6 Å². The van der Waals surface area contributed by atoms with Crippen LogP contribution in [0.25, 0.3) is 0 Å². The van der Waals surface area contributed by atoms with E-state index in [1.807, 2.05) is 0 Å². The highest BCUT2D eigenvalue weighted by atomic mass is 19.1. The third kappa shape index (κ3) is 4.50. The van der Waals surface area contributed by atoms with Gasteiger partial charge in [-0.15, -0.1) is 0 Å². The maximum atomic E-state index is 12.7. The van der Waals surface area contributed by atoms with E-state index < -0.39 is 18.0 Å². The molecular formula is C12H16FN3O2. The lowest BCUT2D eigenvalue weighted by Crippen LogP contribution is -2.47. The summed E-state index contributed by atoms with van der Waals surface area (Å²) in [6.07, 6.45) is 0. The van der Waals surface area contributed by atoms with Crippen LogP contribution in [0.1, 0.15) is 12.5 Å². The Morgan fingerprint density at radius 1 is 1.28 bits per heavy atom. The zero-order valence-corrected chi connectivity index (χ0v) is 10.3. The minimum Gasteiger partial charge on any atom is -0.341 e. The van der Waals surface area contributed by atoms with Gasteiger partial charge in [-0.25, -0.2) is 9.18 Å². The molecule has 6 heteroatoms. The fourth-order valence-corrected chi connectivity index (χ4v) is 1.25. The molecule has 5 nitrogen and oxygen atoms in total. The van der Waals surface area contributed by atoms with Crippen LogP contribution in [0.4, 0.5) is 9.18 Å². The Labute approximate surface area is 105 Å². The Morgan fingerprint density at radius 2 is 1.89 bits per heavy atom. The fourth-order valence-electron chi connectivity index (χ4n) is 1.25. The lowest BCUT2D eigenvalue weighted by atomic mass is 10.2. The lowest BCUT2D eigenvalue weighted by Gasteiger charge is -2.13. The Hall–Kier alpha value is -1.95. The van der Waals surface area contributed by atoms with Crippen molar-refractivity contribution < 1.29 is 14.0 Å². The van der Waals surface area contributed by atoms with Gasteiger partial charge >= 0.3 is 6.03 Å². The molecule has 1 unspecified atom stereocenters. The van der Waals surface area contributed by atoms with Crippen molar-refractivity contribution in [3.8, 4) is 0 Å². The van der Waals surface area contributed by atoms with Crippen molar-refractivity contribution in [3.05, 3.63) is 35.6 Å². The van der Waals surface area contributed by atoms with Crippen LogP contribution in [0, 0.1) is 5.82 Å². The average Bonchev–Trinajstić information content (AvgIpc) is 2.37. The first-order chi connectivity index (χ1) is 8.52. The number of carbonyl (C=O) groups is 2. The van der Waals surface area contributed by atoms with E-state index in [2.05, 4.69) is 16.0 Å². The second-order valence-corrected chi connectivity index (χ2v) is 3.80. The number of hydrogen-bond donors (Lipinski definition) is 3. The van der Waals surface area contributed by atoms with Gasteiger partial charge in [0.25, 0.3) is 0 Å². The zero-order chi connectivity index (χ0) is 13.5. The van der Waals surface area contributed by atoms with Crippen LogP contribution in [-0.2, 0) is 11.3 Å². The van der Waals surface area contributed by atoms with Gasteiger partial charge in [-0.3, -0.25) is 10.1 Å². The van der Waals surface area contributed by atoms with Gasteiger partial charge in [-0.1, -0.05) is 12.1 Å². The van der Waals surface area contributed by atoms with Crippen LogP contribution in [0.2, 0.25) is 0 Å². The SMILES string of the molecule is CNC(=O)NC(=O)C(C)NCc1ccc(F)cc1. The van der Waals surface area contributed by atoms with Crippen LogP contribution >= 0.6 is 0 Å². The molecule has 1 rings (SSSR count). The van der Waals surface area contributed by atoms with Crippen LogP contribution in [0.3, 0.4) is 0 Å². The van der Waals surface area contributed by atoms with Gasteiger partial charge in [0.05, 0.1) is 6.04 Å². The molecule has 0 aliphatic rings. The molecule has 0 heterocycles. The molecule has 3 amide bonds. The number of urea groups is 1. The van der Waals surface area contributed by atoms with E-state index in [0.29, 0.717) is 6.54 Å². The smallest absolute Gasteiger partial charge is 0.321 e. The number of rotatable bonds is 4. The van der Waals surface area contributed by atoms with Crippen molar-refractivity contribution in [1.29, 1.82) is 0 Å². The molecule has 1 atom stereocenters. The van der Waals surface area contributed by atoms with Crippen LogP contribution in [-0.4, -0.2) is 25.0 Å². The molecule has 0 fully saturated rings. The second kappa shape index (κ2) is 6.70. The van der Waals surface area contributed by atoms with Crippen LogP contribution in [0.15, 0.2) is 24.3 Å². The highest BCUT2D eigenvalue weighted by Crippen LogP contribution is 2.02. The summed E-state index contributed by atoms with van der Waals surface area (Å²) in [5.74, 6) is -0.722. The molecule has 0 saturated carbocycles. The Bertz CT molecular complexity index is 420. The highest BCUT2D eigenvalue weighted by Gasteiger charge is 2.14. The number of amides is 3. The molecule has 1 aromatic carbocycles. The number of imide groups is 1. The minimum atomic E-state index is -0.546. The third-order valence-corrected chi connectivity index (χ3v) is 2.38. The number of benzene rings is 1. The maximum Gasteiger partial charge on any atom is 0.321 e. The molecule has 0 radical (unpaired) electrons. The number of halogens is 1. The first-order valence-corrected chi connectivity index (χ1v) is 5.53. The molecule has 1 aromatic rings. The Kier molecular flexibility index (Phi) is 5.26.